The van der Waals surface area contributed by atoms with Crippen LogP contribution in [0.4, 0.5) is 0 Å². The van der Waals surface area contributed by atoms with Crippen molar-refractivity contribution >= 4 is 5.97 Å². The van der Waals surface area contributed by atoms with Gasteiger partial charge in [-0.25, -0.2) is 0 Å². The predicted octanol–water partition coefficient (Wildman–Crippen LogP) is -3.15. The molecule has 4 atom stereocenters. The Bertz CT molecular complexity index is 274. The quantitative estimate of drug-likeness (QED) is 0.272. The van der Waals surface area contributed by atoms with E-state index in [9.17, 15) is 20.1 Å². The number of aliphatic hydroxyl groups is 4. The molecule has 0 aromatic carbocycles. The number of carboxylic acids is 1. The fourth-order valence-electron chi connectivity index (χ4n) is 1.60. The second-order valence-electron chi connectivity index (χ2n) is 3.94. The zero-order valence-electron chi connectivity index (χ0n) is 9.11. The van der Waals surface area contributed by atoms with Gasteiger partial charge in [0.2, 0.25) is 5.79 Å². The molecule has 0 aromatic heterocycles. The van der Waals surface area contributed by atoms with Crippen LogP contribution >= 0.6 is 0 Å². The summed E-state index contributed by atoms with van der Waals surface area (Å²) in [6.07, 6.45) is -3.94. The van der Waals surface area contributed by atoms with Crippen LogP contribution in [0.5, 0.6) is 0 Å². The van der Waals surface area contributed by atoms with Gasteiger partial charge in [0.05, 0.1) is 13.0 Å². The van der Waals surface area contributed by atoms with Gasteiger partial charge in [0.25, 0.3) is 0 Å². The molecular formula is C9H17NO7. The topological polar surface area (TPSA) is 139 Å². The SMILES string of the molecule is O=C(O)CCNC[C@@H]1O[C@](O)(CO)[C@@H](O)[C@@H]1O. The van der Waals surface area contributed by atoms with Gasteiger partial charge in [-0.2, -0.15) is 0 Å². The van der Waals surface area contributed by atoms with Gasteiger partial charge in [-0.3, -0.25) is 4.79 Å². The van der Waals surface area contributed by atoms with E-state index in [0.717, 1.165) is 0 Å². The molecule has 1 saturated heterocycles. The van der Waals surface area contributed by atoms with Crippen molar-refractivity contribution in [1.29, 1.82) is 0 Å². The highest BCUT2D eigenvalue weighted by Gasteiger charge is 2.52. The summed E-state index contributed by atoms with van der Waals surface area (Å²) in [6, 6.07) is 0. The van der Waals surface area contributed by atoms with Crippen molar-refractivity contribution in [3.63, 3.8) is 0 Å². The Hall–Kier alpha value is -0.770. The standard InChI is InChI=1S/C9H17NO7/c11-4-9(16)8(15)7(14)5(17-9)3-10-2-1-6(12)13/h5,7-8,10-11,14-16H,1-4H2,(H,12,13)/t5-,7+,8-,9+/m0/s1. The fourth-order valence-corrected chi connectivity index (χ4v) is 1.60. The Balaban J connectivity index is 2.38. The van der Waals surface area contributed by atoms with E-state index in [1.165, 1.54) is 0 Å². The number of nitrogens with one attached hydrogen (secondary N) is 1. The third kappa shape index (κ3) is 3.35. The Morgan fingerprint density at radius 3 is 2.53 bits per heavy atom. The zero-order chi connectivity index (χ0) is 13.1. The highest BCUT2D eigenvalue weighted by Crippen LogP contribution is 2.28. The van der Waals surface area contributed by atoms with E-state index in [0.29, 0.717) is 0 Å². The summed E-state index contributed by atoms with van der Waals surface area (Å²) in [5.74, 6) is -3.13. The number of hydrogen-bond donors (Lipinski definition) is 6. The molecule has 1 fully saturated rings. The maximum Gasteiger partial charge on any atom is 0.304 e. The molecule has 0 aliphatic carbocycles. The lowest BCUT2D eigenvalue weighted by atomic mass is 10.1. The van der Waals surface area contributed by atoms with Crippen LogP contribution in [0, 0.1) is 0 Å². The second kappa shape index (κ2) is 5.71. The van der Waals surface area contributed by atoms with Gasteiger partial charge in [0, 0.05) is 13.1 Å². The summed E-state index contributed by atoms with van der Waals surface area (Å²) in [5, 5.41) is 48.4. The fraction of sp³-hybridized carbons (Fsp3) is 0.889. The van der Waals surface area contributed by atoms with Gasteiger partial charge >= 0.3 is 5.97 Å². The maximum atomic E-state index is 10.2. The monoisotopic (exact) mass is 251 g/mol. The maximum absolute atomic E-state index is 10.2. The normalized spacial score (nSPS) is 37.3. The van der Waals surface area contributed by atoms with Crippen LogP contribution in [-0.2, 0) is 9.53 Å². The summed E-state index contributed by atoms with van der Waals surface area (Å²) >= 11 is 0. The van der Waals surface area contributed by atoms with E-state index >= 15 is 0 Å². The van der Waals surface area contributed by atoms with Gasteiger partial charge in [-0.15, -0.1) is 0 Å². The van der Waals surface area contributed by atoms with E-state index < -0.39 is 36.7 Å². The predicted molar refractivity (Wildman–Crippen MR) is 54.0 cm³/mol. The summed E-state index contributed by atoms with van der Waals surface area (Å²) in [5.41, 5.74) is 0. The zero-order valence-corrected chi connectivity index (χ0v) is 9.11. The van der Waals surface area contributed by atoms with Crippen molar-refractivity contribution in [2.75, 3.05) is 19.7 Å². The number of carboxylic acid groups (broad SMARTS) is 1. The molecular weight excluding hydrogens is 234 g/mol. The number of carbonyl (C=O) groups is 1. The number of aliphatic carboxylic acids is 1. The van der Waals surface area contributed by atoms with Crippen molar-refractivity contribution in [3.8, 4) is 0 Å². The van der Waals surface area contributed by atoms with Crippen molar-refractivity contribution in [1.82, 2.24) is 5.32 Å². The molecule has 0 unspecified atom stereocenters. The minimum absolute atomic E-state index is 0.0633. The van der Waals surface area contributed by atoms with E-state index in [2.05, 4.69) is 5.32 Å². The highest BCUT2D eigenvalue weighted by molar-refractivity contribution is 5.66. The summed E-state index contributed by atoms with van der Waals surface area (Å²) in [7, 11) is 0. The van der Waals surface area contributed by atoms with E-state index in [4.69, 9.17) is 14.9 Å². The van der Waals surface area contributed by atoms with Crippen molar-refractivity contribution in [2.45, 2.75) is 30.5 Å². The van der Waals surface area contributed by atoms with Crippen LogP contribution in [0.3, 0.4) is 0 Å². The van der Waals surface area contributed by atoms with E-state index in [-0.39, 0.29) is 19.5 Å². The minimum atomic E-state index is -2.17. The first kappa shape index (κ1) is 14.3. The second-order valence-corrected chi connectivity index (χ2v) is 3.94. The number of rotatable bonds is 6. The van der Waals surface area contributed by atoms with Crippen LogP contribution in [0.1, 0.15) is 6.42 Å². The van der Waals surface area contributed by atoms with E-state index in [1.807, 2.05) is 0 Å². The molecule has 0 radical (unpaired) electrons. The largest absolute Gasteiger partial charge is 0.481 e. The van der Waals surface area contributed by atoms with Crippen LogP contribution in [0.2, 0.25) is 0 Å². The molecule has 1 rings (SSSR count). The van der Waals surface area contributed by atoms with Crippen molar-refractivity contribution in [3.05, 3.63) is 0 Å². The first-order chi connectivity index (χ1) is 7.90. The lowest BCUT2D eigenvalue weighted by Gasteiger charge is -2.22. The summed E-state index contributed by atoms with van der Waals surface area (Å²) < 4.78 is 4.93. The minimum Gasteiger partial charge on any atom is -0.481 e. The Kier molecular flexibility index (Phi) is 4.80. The molecule has 17 heavy (non-hydrogen) atoms. The first-order valence-corrected chi connectivity index (χ1v) is 5.20. The molecule has 100 valence electrons. The van der Waals surface area contributed by atoms with Gasteiger partial charge in [-0.05, 0) is 0 Å². The highest BCUT2D eigenvalue weighted by atomic mass is 16.7. The number of hydrogen-bond acceptors (Lipinski definition) is 7. The average molecular weight is 251 g/mol. The first-order valence-electron chi connectivity index (χ1n) is 5.20. The molecule has 8 heteroatoms. The summed E-state index contributed by atoms with van der Waals surface area (Å²) in [6.45, 7) is -0.597. The third-order valence-corrected chi connectivity index (χ3v) is 2.61. The number of ether oxygens (including phenoxy) is 1. The Labute approximate surface area is 97.4 Å². The van der Waals surface area contributed by atoms with Gasteiger partial charge in [-0.1, -0.05) is 0 Å². The molecule has 1 heterocycles. The van der Waals surface area contributed by atoms with Gasteiger partial charge in [0.1, 0.15) is 18.3 Å². The molecule has 1 aliphatic heterocycles. The van der Waals surface area contributed by atoms with Crippen LogP contribution in [0.15, 0.2) is 0 Å². The van der Waals surface area contributed by atoms with Gasteiger partial charge in [0.15, 0.2) is 0 Å². The Morgan fingerprint density at radius 1 is 1.41 bits per heavy atom. The molecule has 0 saturated carbocycles. The molecule has 1 aliphatic rings. The van der Waals surface area contributed by atoms with Crippen LogP contribution in [-0.4, -0.2) is 75.3 Å². The van der Waals surface area contributed by atoms with E-state index in [1.54, 1.807) is 0 Å². The molecule has 0 aromatic rings. The van der Waals surface area contributed by atoms with Crippen molar-refractivity contribution in [2.24, 2.45) is 0 Å². The lowest BCUT2D eigenvalue weighted by Crippen LogP contribution is -2.46. The molecule has 6 N–H and O–H groups in total. The average Bonchev–Trinajstić information content (AvgIpc) is 2.50. The molecule has 8 nitrogen and oxygen atoms in total. The number of aliphatic hydroxyl groups excluding tert-OH is 3. The third-order valence-electron chi connectivity index (χ3n) is 2.61. The van der Waals surface area contributed by atoms with Crippen LogP contribution < -0.4 is 5.32 Å². The lowest BCUT2D eigenvalue weighted by molar-refractivity contribution is -0.245. The molecule has 0 bridgehead atoms. The molecule has 0 spiro atoms. The molecule has 0 amide bonds. The smallest absolute Gasteiger partial charge is 0.304 e. The van der Waals surface area contributed by atoms with Gasteiger partial charge < -0.3 is 35.6 Å². The Morgan fingerprint density at radius 2 is 2.06 bits per heavy atom. The summed E-state index contributed by atoms with van der Waals surface area (Å²) in [4.78, 5) is 10.2. The van der Waals surface area contributed by atoms with Crippen LogP contribution in [0.25, 0.3) is 0 Å². The van der Waals surface area contributed by atoms with Crippen molar-refractivity contribution < 1.29 is 35.1 Å².